The molecular weight excluding hydrogens is 481 g/mol. The fourth-order valence-corrected chi connectivity index (χ4v) is 4.46. The average Bonchev–Trinajstić information content (AvgIpc) is 2.85. The van der Waals surface area contributed by atoms with Gasteiger partial charge < -0.3 is 18.9 Å². The molecule has 1 heterocycles. The number of anilines is 1. The van der Waals surface area contributed by atoms with Crippen LogP contribution in [-0.4, -0.2) is 51.1 Å². The highest BCUT2D eigenvalue weighted by molar-refractivity contribution is 5.91. The number of amides is 2. The van der Waals surface area contributed by atoms with Crippen molar-refractivity contribution in [3.8, 4) is 11.5 Å². The third-order valence-corrected chi connectivity index (χ3v) is 6.07. The third kappa shape index (κ3) is 5.29. The fraction of sp³-hybridized carbons (Fsp3) is 0.440. The predicted octanol–water partition coefficient (Wildman–Crippen LogP) is 5.79. The molecule has 1 aliphatic rings. The number of alkyl halides is 3. The number of halogens is 3. The molecule has 36 heavy (non-hydrogen) atoms. The van der Waals surface area contributed by atoms with Crippen LogP contribution >= 0.6 is 0 Å². The van der Waals surface area contributed by atoms with Gasteiger partial charge in [0.2, 0.25) is 0 Å². The summed E-state index contributed by atoms with van der Waals surface area (Å²) >= 11 is 0. The largest absolute Gasteiger partial charge is 0.493 e. The van der Waals surface area contributed by atoms with Gasteiger partial charge in [-0.3, -0.25) is 9.80 Å². The Morgan fingerprint density at radius 2 is 1.72 bits per heavy atom. The molecule has 2 atom stereocenters. The van der Waals surface area contributed by atoms with Gasteiger partial charge in [0, 0.05) is 17.7 Å². The van der Waals surface area contributed by atoms with Gasteiger partial charge in [-0.2, -0.15) is 13.2 Å². The summed E-state index contributed by atoms with van der Waals surface area (Å²) in [6.45, 7) is 3.23. The van der Waals surface area contributed by atoms with Crippen molar-refractivity contribution in [3.63, 3.8) is 0 Å². The normalized spacial score (nSPS) is 17.2. The van der Waals surface area contributed by atoms with E-state index in [1.807, 2.05) is 0 Å². The minimum atomic E-state index is -4.60. The van der Waals surface area contributed by atoms with Crippen LogP contribution in [-0.2, 0) is 22.2 Å². The molecular formula is C25H29F3N2O6. The number of ether oxygens (including phenoxy) is 4. The molecule has 0 spiro atoms. The molecule has 0 saturated heterocycles. The second-order valence-electron chi connectivity index (χ2n) is 8.19. The van der Waals surface area contributed by atoms with Crippen LogP contribution in [0.1, 0.15) is 43.0 Å². The van der Waals surface area contributed by atoms with Crippen LogP contribution in [0.2, 0.25) is 0 Å². The molecule has 1 aliphatic heterocycles. The highest BCUT2D eigenvalue weighted by Gasteiger charge is 2.41. The summed E-state index contributed by atoms with van der Waals surface area (Å²) in [6.07, 6.45) is -5.80. The van der Waals surface area contributed by atoms with E-state index in [1.165, 1.54) is 42.2 Å². The molecule has 8 nitrogen and oxygen atoms in total. The van der Waals surface area contributed by atoms with Gasteiger partial charge >= 0.3 is 18.4 Å². The van der Waals surface area contributed by atoms with E-state index in [1.54, 1.807) is 26.0 Å². The standard InChI is InChI=1S/C25H29F3N2O6/c1-6-36-24(32)30-15(2)11-19(17-12-21(33-3)22(34-4)13-20(17)30)29(23(31)35-5)14-16-9-7-8-10-18(16)25(26,27)28/h7-10,12-13,15,19H,6,11,14H2,1-5H3. The Labute approximate surface area is 207 Å². The molecule has 196 valence electrons. The minimum absolute atomic E-state index is 0.0853. The second-order valence-corrected chi connectivity index (χ2v) is 8.19. The van der Waals surface area contributed by atoms with Crippen LogP contribution in [0.3, 0.4) is 0 Å². The lowest BCUT2D eigenvalue weighted by Gasteiger charge is -2.42. The first-order valence-electron chi connectivity index (χ1n) is 11.3. The zero-order valence-corrected chi connectivity index (χ0v) is 20.7. The molecule has 2 unspecified atom stereocenters. The third-order valence-electron chi connectivity index (χ3n) is 6.07. The molecule has 0 N–H and O–H groups in total. The number of carbonyl (C=O) groups excluding carboxylic acids is 2. The molecule has 2 aromatic rings. The van der Waals surface area contributed by atoms with Crippen molar-refractivity contribution in [2.45, 2.75) is 45.1 Å². The van der Waals surface area contributed by atoms with Crippen LogP contribution in [0.5, 0.6) is 11.5 Å². The van der Waals surface area contributed by atoms with Crippen molar-refractivity contribution in [1.29, 1.82) is 0 Å². The Kier molecular flexibility index (Phi) is 8.21. The molecule has 0 radical (unpaired) electrons. The van der Waals surface area contributed by atoms with Crippen LogP contribution < -0.4 is 14.4 Å². The number of hydrogen-bond donors (Lipinski definition) is 0. The van der Waals surface area contributed by atoms with E-state index in [2.05, 4.69) is 0 Å². The molecule has 3 rings (SSSR count). The molecule has 0 bridgehead atoms. The van der Waals surface area contributed by atoms with Crippen LogP contribution in [0.4, 0.5) is 28.4 Å². The molecule has 0 aliphatic carbocycles. The quantitative estimate of drug-likeness (QED) is 0.490. The monoisotopic (exact) mass is 510 g/mol. The highest BCUT2D eigenvalue weighted by atomic mass is 19.4. The molecule has 0 fully saturated rings. The Balaban J connectivity index is 2.18. The van der Waals surface area contributed by atoms with E-state index < -0.39 is 36.0 Å². The lowest BCUT2D eigenvalue weighted by Crippen LogP contribution is -2.47. The Morgan fingerprint density at radius 1 is 1.08 bits per heavy atom. The number of fused-ring (bicyclic) bond motifs is 1. The topological polar surface area (TPSA) is 77.5 Å². The second kappa shape index (κ2) is 11.0. The van der Waals surface area contributed by atoms with E-state index in [9.17, 15) is 22.8 Å². The van der Waals surface area contributed by atoms with Crippen molar-refractivity contribution in [3.05, 3.63) is 53.1 Å². The maximum absolute atomic E-state index is 13.7. The van der Waals surface area contributed by atoms with E-state index in [0.29, 0.717) is 22.7 Å². The predicted molar refractivity (Wildman–Crippen MR) is 125 cm³/mol. The highest BCUT2D eigenvalue weighted by Crippen LogP contribution is 2.47. The zero-order chi connectivity index (χ0) is 26.6. The summed E-state index contributed by atoms with van der Waals surface area (Å²) in [5, 5.41) is 0. The zero-order valence-electron chi connectivity index (χ0n) is 20.7. The van der Waals surface area contributed by atoms with E-state index >= 15 is 0 Å². The average molecular weight is 511 g/mol. The lowest BCUT2D eigenvalue weighted by atomic mass is 9.90. The summed E-state index contributed by atoms with van der Waals surface area (Å²) in [4.78, 5) is 28.5. The van der Waals surface area contributed by atoms with Gasteiger partial charge in [-0.25, -0.2) is 9.59 Å². The smallest absolute Gasteiger partial charge is 0.416 e. The number of rotatable bonds is 6. The van der Waals surface area contributed by atoms with Gasteiger partial charge in [0.15, 0.2) is 11.5 Å². The first-order valence-corrected chi connectivity index (χ1v) is 11.3. The number of hydrogen-bond acceptors (Lipinski definition) is 6. The maximum Gasteiger partial charge on any atom is 0.416 e. The number of benzene rings is 2. The molecule has 2 aromatic carbocycles. The van der Waals surface area contributed by atoms with Crippen molar-refractivity contribution in [2.24, 2.45) is 0 Å². The van der Waals surface area contributed by atoms with Gasteiger partial charge in [-0.15, -0.1) is 0 Å². The van der Waals surface area contributed by atoms with E-state index in [0.717, 1.165) is 13.2 Å². The van der Waals surface area contributed by atoms with Gasteiger partial charge in [-0.1, -0.05) is 18.2 Å². The first kappa shape index (κ1) is 27.0. The van der Waals surface area contributed by atoms with E-state index in [4.69, 9.17) is 18.9 Å². The summed E-state index contributed by atoms with van der Waals surface area (Å²) in [6, 6.07) is 7.06. The lowest BCUT2D eigenvalue weighted by molar-refractivity contribution is -0.138. The Morgan fingerprint density at radius 3 is 2.31 bits per heavy atom. The minimum Gasteiger partial charge on any atom is -0.493 e. The van der Waals surface area contributed by atoms with Gasteiger partial charge in [0.25, 0.3) is 0 Å². The molecule has 11 heteroatoms. The van der Waals surface area contributed by atoms with Crippen LogP contribution in [0.15, 0.2) is 36.4 Å². The molecule has 0 saturated carbocycles. The first-order chi connectivity index (χ1) is 17.1. The van der Waals surface area contributed by atoms with E-state index in [-0.39, 0.29) is 25.1 Å². The summed E-state index contributed by atoms with van der Waals surface area (Å²) in [7, 11) is 4.04. The molecule has 0 aromatic heterocycles. The van der Waals surface area contributed by atoms with Gasteiger partial charge in [0.05, 0.1) is 51.8 Å². The fourth-order valence-electron chi connectivity index (χ4n) is 4.46. The summed E-state index contributed by atoms with van der Waals surface area (Å²) in [5.74, 6) is 0.672. The Bertz CT molecular complexity index is 1110. The summed E-state index contributed by atoms with van der Waals surface area (Å²) in [5.41, 5.74) is -0.0529. The van der Waals surface area contributed by atoms with Gasteiger partial charge in [-0.05, 0) is 38.0 Å². The number of nitrogens with zero attached hydrogens (tertiary/aromatic N) is 2. The Hall–Kier alpha value is -3.63. The van der Waals surface area contributed by atoms with Crippen LogP contribution in [0, 0.1) is 0 Å². The van der Waals surface area contributed by atoms with Gasteiger partial charge in [0.1, 0.15) is 0 Å². The maximum atomic E-state index is 13.7. The number of carbonyl (C=O) groups is 2. The van der Waals surface area contributed by atoms with Crippen molar-refractivity contribution >= 4 is 17.9 Å². The van der Waals surface area contributed by atoms with Crippen molar-refractivity contribution < 1.29 is 41.7 Å². The molecule has 2 amide bonds. The number of methoxy groups -OCH3 is 3. The SMILES string of the molecule is CCOC(=O)N1c2cc(OC)c(OC)cc2C(N(Cc2ccccc2C(F)(F)F)C(=O)OC)CC1C. The van der Waals surface area contributed by atoms with Crippen molar-refractivity contribution in [1.82, 2.24) is 4.90 Å². The van der Waals surface area contributed by atoms with Crippen molar-refractivity contribution in [2.75, 3.05) is 32.8 Å². The van der Waals surface area contributed by atoms with Crippen LogP contribution in [0.25, 0.3) is 0 Å². The summed E-state index contributed by atoms with van der Waals surface area (Å²) < 4.78 is 62.1.